The minimum absolute atomic E-state index is 0.254. The lowest BCUT2D eigenvalue weighted by Crippen LogP contribution is -2.28. The Kier molecular flexibility index (Phi) is 5.58. The summed E-state index contributed by atoms with van der Waals surface area (Å²) in [6.45, 7) is 6.98. The minimum atomic E-state index is -0.409. The maximum atomic E-state index is 14.0. The lowest BCUT2D eigenvalue weighted by atomic mass is 9.69. The predicted octanol–water partition coefficient (Wildman–Crippen LogP) is 6.47. The third-order valence-electron chi connectivity index (χ3n) is 6.22. The van der Waals surface area contributed by atoms with Crippen molar-refractivity contribution in [2.24, 2.45) is 16.4 Å². The number of benzene rings is 1. The Hall–Kier alpha value is -2.05. The van der Waals surface area contributed by atoms with Gasteiger partial charge in [0.05, 0.1) is 16.6 Å². The maximum Gasteiger partial charge on any atom is 0.158 e. The number of fused-ring (bicyclic) bond motifs is 3. The fraction of sp³-hybridized carbons (Fsp3) is 0.409. The third-order valence-corrected chi connectivity index (χ3v) is 7.75. The first-order chi connectivity index (χ1) is 13.9. The number of halogens is 2. The Morgan fingerprint density at radius 2 is 2.21 bits per heavy atom. The molecule has 4 nitrogen and oxygen atoms in total. The molecule has 1 aromatic carbocycles. The number of hydrogen-bond donors (Lipinski definition) is 1. The van der Waals surface area contributed by atoms with E-state index in [9.17, 15) is 4.39 Å². The molecule has 0 bridgehead atoms. The van der Waals surface area contributed by atoms with Gasteiger partial charge in [-0.2, -0.15) is 5.10 Å². The minimum Gasteiger partial charge on any atom is -0.261 e. The van der Waals surface area contributed by atoms with Crippen molar-refractivity contribution in [3.8, 4) is 0 Å². The number of hydrogen-bond acceptors (Lipinski definition) is 5. The summed E-state index contributed by atoms with van der Waals surface area (Å²) in [4.78, 5) is 11.3. The molecule has 1 aliphatic carbocycles. The van der Waals surface area contributed by atoms with E-state index in [1.165, 1.54) is 29.1 Å². The van der Waals surface area contributed by atoms with Crippen LogP contribution in [0.2, 0.25) is 5.02 Å². The van der Waals surface area contributed by atoms with Gasteiger partial charge in [-0.15, -0.1) is 11.3 Å². The Morgan fingerprint density at radius 1 is 1.38 bits per heavy atom. The molecular formula is C22H24ClFN4S. The summed E-state index contributed by atoms with van der Waals surface area (Å²) in [5.41, 5.74) is 4.89. The zero-order valence-electron chi connectivity index (χ0n) is 16.8. The summed E-state index contributed by atoms with van der Waals surface area (Å²) in [7, 11) is 0. The van der Waals surface area contributed by atoms with E-state index in [0.29, 0.717) is 22.2 Å². The zero-order valence-corrected chi connectivity index (χ0v) is 18.4. The van der Waals surface area contributed by atoms with Crippen molar-refractivity contribution in [2.75, 3.05) is 5.43 Å². The highest BCUT2D eigenvalue weighted by Gasteiger charge is 2.33. The van der Waals surface area contributed by atoms with E-state index in [1.54, 1.807) is 29.8 Å². The molecule has 1 N–H and O–H groups in total. The Labute approximate surface area is 179 Å². The summed E-state index contributed by atoms with van der Waals surface area (Å²) in [6.07, 6.45) is 7.42. The number of thiophene rings is 1. The van der Waals surface area contributed by atoms with E-state index in [0.717, 1.165) is 29.5 Å². The van der Waals surface area contributed by atoms with Gasteiger partial charge in [-0.05, 0) is 48.3 Å². The first-order valence-corrected chi connectivity index (χ1v) is 11.1. The van der Waals surface area contributed by atoms with Gasteiger partial charge < -0.3 is 0 Å². The van der Waals surface area contributed by atoms with Crippen LogP contribution in [0, 0.1) is 17.2 Å². The van der Waals surface area contributed by atoms with Crippen molar-refractivity contribution < 1.29 is 4.39 Å². The molecule has 0 radical (unpaired) electrons. The van der Waals surface area contributed by atoms with Gasteiger partial charge in [-0.1, -0.05) is 44.9 Å². The Morgan fingerprint density at radius 3 is 2.97 bits per heavy atom. The molecule has 0 saturated heterocycles. The summed E-state index contributed by atoms with van der Waals surface area (Å²) in [5.74, 6) is 0.881. The highest BCUT2D eigenvalue weighted by Crippen LogP contribution is 2.45. The van der Waals surface area contributed by atoms with E-state index >= 15 is 0 Å². The molecule has 0 amide bonds. The van der Waals surface area contributed by atoms with Gasteiger partial charge in [0.25, 0.3) is 0 Å². The van der Waals surface area contributed by atoms with Gasteiger partial charge in [0.1, 0.15) is 17.0 Å². The zero-order chi connectivity index (χ0) is 20.6. The quantitative estimate of drug-likeness (QED) is 0.372. The van der Waals surface area contributed by atoms with Crippen LogP contribution in [0.1, 0.15) is 49.6 Å². The van der Waals surface area contributed by atoms with Crippen molar-refractivity contribution in [1.29, 1.82) is 0 Å². The van der Waals surface area contributed by atoms with Gasteiger partial charge in [0.2, 0.25) is 0 Å². The molecule has 0 fully saturated rings. The van der Waals surface area contributed by atoms with Crippen LogP contribution in [0.3, 0.4) is 0 Å². The number of aromatic nitrogens is 2. The molecule has 7 heteroatoms. The average molecular weight is 431 g/mol. The van der Waals surface area contributed by atoms with Crippen LogP contribution < -0.4 is 5.43 Å². The molecule has 1 aliphatic rings. The van der Waals surface area contributed by atoms with E-state index in [4.69, 9.17) is 11.6 Å². The number of nitrogens with one attached hydrogen (secondary N) is 1. The topological polar surface area (TPSA) is 50.2 Å². The summed E-state index contributed by atoms with van der Waals surface area (Å²) in [6, 6.07) is 4.57. The van der Waals surface area contributed by atoms with Gasteiger partial charge >= 0.3 is 0 Å². The van der Waals surface area contributed by atoms with Crippen LogP contribution in [-0.4, -0.2) is 16.2 Å². The van der Waals surface area contributed by atoms with Crippen LogP contribution in [0.5, 0.6) is 0 Å². The molecule has 1 atom stereocenters. The summed E-state index contributed by atoms with van der Waals surface area (Å²) in [5, 5.41) is 5.57. The predicted molar refractivity (Wildman–Crippen MR) is 120 cm³/mol. The van der Waals surface area contributed by atoms with Crippen molar-refractivity contribution in [3.63, 3.8) is 0 Å². The lowest BCUT2D eigenvalue weighted by molar-refractivity contribution is 0.184. The van der Waals surface area contributed by atoms with Crippen LogP contribution in [-0.2, 0) is 12.8 Å². The molecule has 29 heavy (non-hydrogen) atoms. The molecular weight excluding hydrogens is 407 g/mol. The number of rotatable bonds is 5. The number of anilines is 1. The van der Waals surface area contributed by atoms with Crippen LogP contribution in [0.15, 0.2) is 29.6 Å². The highest BCUT2D eigenvalue weighted by molar-refractivity contribution is 7.19. The Bertz CT molecular complexity index is 1060. The first kappa shape index (κ1) is 20.2. The van der Waals surface area contributed by atoms with Crippen molar-refractivity contribution in [1.82, 2.24) is 9.97 Å². The maximum absolute atomic E-state index is 14.0. The molecule has 0 spiro atoms. The molecule has 4 rings (SSSR count). The second kappa shape index (κ2) is 8.00. The lowest BCUT2D eigenvalue weighted by Gasteiger charge is -2.36. The van der Waals surface area contributed by atoms with E-state index in [-0.39, 0.29) is 5.56 Å². The van der Waals surface area contributed by atoms with E-state index in [2.05, 4.69) is 41.3 Å². The van der Waals surface area contributed by atoms with E-state index < -0.39 is 5.82 Å². The molecule has 0 aliphatic heterocycles. The Balaban J connectivity index is 1.66. The molecule has 2 aromatic heterocycles. The van der Waals surface area contributed by atoms with Crippen molar-refractivity contribution in [3.05, 3.63) is 51.4 Å². The van der Waals surface area contributed by atoms with Gasteiger partial charge in [0, 0.05) is 10.4 Å². The number of hydrazone groups is 1. The number of aryl methyl sites for hydroxylation is 1. The van der Waals surface area contributed by atoms with Gasteiger partial charge in [-0.25, -0.2) is 14.4 Å². The van der Waals surface area contributed by atoms with Crippen molar-refractivity contribution in [2.45, 2.75) is 46.5 Å². The van der Waals surface area contributed by atoms with Gasteiger partial charge in [0.15, 0.2) is 5.82 Å². The van der Waals surface area contributed by atoms with Crippen molar-refractivity contribution >= 4 is 45.2 Å². The van der Waals surface area contributed by atoms with Crippen LogP contribution in [0.25, 0.3) is 10.2 Å². The number of nitrogens with zero attached hydrogens (tertiary/aromatic N) is 3. The second-order valence-corrected chi connectivity index (χ2v) is 9.68. The fourth-order valence-electron chi connectivity index (χ4n) is 3.94. The average Bonchev–Trinajstić information content (AvgIpc) is 3.08. The fourth-order valence-corrected chi connectivity index (χ4v) is 5.34. The third kappa shape index (κ3) is 3.88. The van der Waals surface area contributed by atoms with E-state index in [1.807, 2.05) is 0 Å². The summed E-state index contributed by atoms with van der Waals surface area (Å²) >= 11 is 7.82. The monoisotopic (exact) mass is 430 g/mol. The molecule has 0 unspecified atom stereocenters. The largest absolute Gasteiger partial charge is 0.261 e. The first-order valence-electron chi connectivity index (χ1n) is 9.89. The molecule has 3 aromatic rings. The normalized spacial score (nSPS) is 17.1. The molecule has 152 valence electrons. The van der Waals surface area contributed by atoms with Gasteiger partial charge in [-0.3, -0.25) is 5.43 Å². The molecule has 2 heterocycles. The highest BCUT2D eigenvalue weighted by atomic mass is 35.5. The standard InChI is InChI=1S/C22H24ClFN4S/c1-4-22(2,3)13-8-9-18-14(10-13)19-20(25-12-26-21(19)29-18)28-27-11-15-16(23)6-5-7-17(15)24/h5-7,11-13H,4,8-10H2,1-3H3,(H,25,26,28)/b27-11-/t13-/m0/s1. The summed E-state index contributed by atoms with van der Waals surface area (Å²) < 4.78 is 14.0. The molecule has 0 saturated carbocycles. The van der Waals surface area contributed by atoms with Crippen LogP contribution in [0.4, 0.5) is 10.2 Å². The smallest absolute Gasteiger partial charge is 0.158 e. The SMILES string of the molecule is CCC(C)(C)[C@H]1CCc2sc3ncnc(N/N=C\c4c(F)cccc4Cl)c3c2C1. The van der Waals surface area contributed by atoms with Crippen LogP contribution >= 0.6 is 22.9 Å². The second-order valence-electron chi connectivity index (χ2n) is 8.19.